The highest BCUT2D eigenvalue weighted by molar-refractivity contribution is 6.08. The SMILES string of the molecule is O=C(Nc1cn(C2CCCCC2)nc1C(F)F)c1cnn2ccc(N3CCCOCC3)nc12. The summed E-state index contributed by atoms with van der Waals surface area (Å²) in [5.41, 5.74) is 0.200. The van der Waals surface area contributed by atoms with Crippen molar-refractivity contribution in [3.63, 3.8) is 0 Å². The third kappa shape index (κ3) is 4.54. The summed E-state index contributed by atoms with van der Waals surface area (Å²) in [6, 6.07) is 1.93. The summed E-state index contributed by atoms with van der Waals surface area (Å²) < 4.78 is 35.9. The van der Waals surface area contributed by atoms with E-state index in [0.717, 1.165) is 50.9 Å². The summed E-state index contributed by atoms with van der Waals surface area (Å²) in [4.78, 5) is 19.8. The summed E-state index contributed by atoms with van der Waals surface area (Å²) in [6.07, 6.45) is 7.83. The van der Waals surface area contributed by atoms with Crippen LogP contribution in [0.5, 0.6) is 0 Å². The average molecular weight is 460 g/mol. The van der Waals surface area contributed by atoms with E-state index in [9.17, 15) is 13.6 Å². The number of aromatic nitrogens is 5. The van der Waals surface area contributed by atoms with E-state index in [2.05, 4.69) is 25.4 Å². The molecule has 1 aliphatic heterocycles. The second-order valence-electron chi connectivity index (χ2n) is 8.52. The van der Waals surface area contributed by atoms with E-state index >= 15 is 0 Å². The Hall–Kier alpha value is -3.08. The number of nitrogens with zero attached hydrogens (tertiary/aromatic N) is 6. The number of rotatable bonds is 5. The number of nitrogens with one attached hydrogen (secondary N) is 1. The van der Waals surface area contributed by atoms with Crippen LogP contribution in [0.2, 0.25) is 0 Å². The Morgan fingerprint density at radius 1 is 1.15 bits per heavy atom. The monoisotopic (exact) mass is 459 g/mol. The zero-order valence-corrected chi connectivity index (χ0v) is 18.3. The van der Waals surface area contributed by atoms with Crippen molar-refractivity contribution >= 4 is 23.1 Å². The van der Waals surface area contributed by atoms with E-state index in [4.69, 9.17) is 4.74 Å². The second-order valence-corrected chi connectivity index (χ2v) is 8.52. The summed E-state index contributed by atoms with van der Waals surface area (Å²) in [5.74, 6) is 0.180. The van der Waals surface area contributed by atoms with Crippen molar-refractivity contribution in [3.05, 3.63) is 35.9 Å². The number of carbonyl (C=O) groups is 1. The van der Waals surface area contributed by atoms with E-state index in [1.165, 1.54) is 16.9 Å². The number of ether oxygens (including phenoxy) is 1. The van der Waals surface area contributed by atoms with E-state index in [1.54, 1.807) is 10.9 Å². The first kappa shape index (κ1) is 21.7. The zero-order chi connectivity index (χ0) is 22.8. The van der Waals surface area contributed by atoms with Crippen molar-refractivity contribution in [1.82, 2.24) is 24.4 Å². The molecule has 3 aromatic rings. The molecule has 4 heterocycles. The highest BCUT2D eigenvalue weighted by Gasteiger charge is 2.25. The number of carbonyl (C=O) groups excluding carboxylic acids is 1. The molecule has 0 radical (unpaired) electrons. The van der Waals surface area contributed by atoms with Crippen molar-refractivity contribution < 1.29 is 18.3 Å². The van der Waals surface area contributed by atoms with Gasteiger partial charge in [-0.15, -0.1) is 0 Å². The van der Waals surface area contributed by atoms with Gasteiger partial charge in [0.15, 0.2) is 11.3 Å². The maximum Gasteiger partial charge on any atom is 0.284 e. The number of halogens is 2. The lowest BCUT2D eigenvalue weighted by Crippen LogP contribution is -2.27. The largest absolute Gasteiger partial charge is 0.380 e. The van der Waals surface area contributed by atoms with Crippen LogP contribution in [-0.2, 0) is 4.74 Å². The van der Waals surface area contributed by atoms with Crippen LogP contribution in [0.3, 0.4) is 0 Å². The first-order valence-corrected chi connectivity index (χ1v) is 11.5. The zero-order valence-electron chi connectivity index (χ0n) is 18.3. The van der Waals surface area contributed by atoms with Crippen LogP contribution in [0.15, 0.2) is 24.7 Å². The molecule has 0 bridgehead atoms. The molecule has 0 aromatic carbocycles. The van der Waals surface area contributed by atoms with Crippen LogP contribution < -0.4 is 10.2 Å². The molecule has 33 heavy (non-hydrogen) atoms. The second kappa shape index (κ2) is 9.42. The summed E-state index contributed by atoms with van der Waals surface area (Å²) in [6.45, 7) is 2.83. The van der Waals surface area contributed by atoms with Gasteiger partial charge in [0.1, 0.15) is 11.4 Å². The molecule has 0 atom stereocenters. The lowest BCUT2D eigenvalue weighted by molar-refractivity contribution is 0.102. The lowest BCUT2D eigenvalue weighted by atomic mass is 9.96. The van der Waals surface area contributed by atoms with Gasteiger partial charge in [-0.05, 0) is 25.3 Å². The fourth-order valence-electron chi connectivity index (χ4n) is 4.56. The highest BCUT2D eigenvalue weighted by atomic mass is 19.3. The molecule has 5 rings (SSSR count). The van der Waals surface area contributed by atoms with E-state index in [0.29, 0.717) is 25.4 Å². The first-order chi connectivity index (χ1) is 16.1. The Labute approximate surface area is 189 Å². The number of alkyl halides is 2. The van der Waals surface area contributed by atoms with Crippen LogP contribution >= 0.6 is 0 Å². The van der Waals surface area contributed by atoms with Crippen LogP contribution in [-0.4, -0.2) is 56.6 Å². The van der Waals surface area contributed by atoms with E-state index in [-0.39, 0.29) is 17.3 Å². The molecular weight excluding hydrogens is 432 g/mol. The number of anilines is 2. The third-order valence-corrected chi connectivity index (χ3v) is 6.31. The summed E-state index contributed by atoms with van der Waals surface area (Å²) >= 11 is 0. The molecule has 1 amide bonds. The molecule has 3 aromatic heterocycles. The molecule has 1 saturated heterocycles. The van der Waals surface area contributed by atoms with Gasteiger partial charge in [0.05, 0.1) is 24.5 Å². The standard InChI is InChI=1S/C22H27F2N7O2/c23-20(24)19-17(14-31(28-19)15-5-2-1-3-6-15)26-22(32)16-13-25-30-9-7-18(27-21(16)30)29-8-4-11-33-12-10-29/h7,9,13-15,20H,1-6,8,10-12H2,(H,26,32). The molecule has 11 heteroatoms. The lowest BCUT2D eigenvalue weighted by Gasteiger charge is -2.21. The molecule has 0 unspecified atom stereocenters. The highest BCUT2D eigenvalue weighted by Crippen LogP contribution is 2.32. The molecule has 1 aliphatic carbocycles. The molecule has 9 nitrogen and oxygen atoms in total. The van der Waals surface area contributed by atoms with Gasteiger partial charge in [0.2, 0.25) is 0 Å². The quantitative estimate of drug-likeness (QED) is 0.624. The van der Waals surface area contributed by atoms with Crippen LogP contribution in [0.25, 0.3) is 5.65 Å². The van der Waals surface area contributed by atoms with Gasteiger partial charge in [0, 0.05) is 32.1 Å². The smallest absolute Gasteiger partial charge is 0.284 e. The third-order valence-electron chi connectivity index (χ3n) is 6.31. The van der Waals surface area contributed by atoms with Gasteiger partial charge in [-0.1, -0.05) is 19.3 Å². The molecule has 176 valence electrons. The molecule has 1 N–H and O–H groups in total. The maximum absolute atomic E-state index is 13.7. The summed E-state index contributed by atoms with van der Waals surface area (Å²) in [5, 5.41) is 10.9. The van der Waals surface area contributed by atoms with E-state index < -0.39 is 18.0 Å². The number of hydrogen-bond donors (Lipinski definition) is 1. The van der Waals surface area contributed by atoms with Crippen LogP contribution in [0.4, 0.5) is 20.3 Å². The van der Waals surface area contributed by atoms with Crippen LogP contribution in [0.1, 0.15) is 67.0 Å². The van der Waals surface area contributed by atoms with Gasteiger partial charge in [-0.2, -0.15) is 10.2 Å². The van der Waals surface area contributed by atoms with Gasteiger partial charge in [-0.3, -0.25) is 9.48 Å². The molecular formula is C22H27F2N7O2. The average Bonchev–Trinajstić information content (AvgIpc) is 3.34. The van der Waals surface area contributed by atoms with Gasteiger partial charge >= 0.3 is 0 Å². The van der Waals surface area contributed by atoms with Gasteiger partial charge in [0.25, 0.3) is 12.3 Å². The summed E-state index contributed by atoms with van der Waals surface area (Å²) in [7, 11) is 0. The minimum Gasteiger partial charge on any atom is -0.380 e. The number of amides is 1. The minimum absolute atomic E-state index is 0.0285. The Morgan fingerprint density at radius 2 is 2.00 bits per heavy atom. The van der Waals surface area contributed by atoms with E-state index in [1.807, 2.05) is 6.07 Å². The molecule has 0 spiro atoms. The van der Waals surface area contributed by atoms with Crippen molar-refractivity contribution in [2.75, 3.05) is 36.5 Å². The first-order valence-electron chi connectivity index (χ1n) is 11.5. The topological polar surface area (TPSA) is 89.6 Å². The number of fused-ring (bicyclic) bond motifs is 1. The molecule has 2 aliphatic rings. The van der Waals surface area contributed by atoms with Crippen molar-refractivity contribution in [1.29, 1.82) is 0 Å². The normalized spacial score (nSPS) is 18.1. The van der Waals surface area contributed by atoms with Gasteiger partial charge < -0.3 is 15.0 Å². The predicted octanol–water partition coefficient (Wildman–Crippen LogP) is 3.85. The Kier molecular flexibility index (Phi) is 6.21. The molecule has 1 saturated carbocycles. The molecule has 2 fully saturated rings. The Morgan fingerprint density at radius 3 is 2.82 bits per heavy atom. The Bertz CT molecular complexity index is 1120. The fraction of sp³-hybridized carbons (Fsp3) is 0.545. The Balaban J connectivity index is 1.41. The van der Waals surface area contributed by atoms with Crippen molar-refractivity contribution in [2.24, 2.45) is 0 Å². The van der Waals surface area contributed by atoms with Crippen LogP contribution in [0, 0.1) is 0 Å². The minimum atomic E-state index is -2.79. The van der Waals surface area contributed by atoms with Crippen molar-refractivity contribution in [3.8, 4) is 0 Å². The van der Waals surface area contributed by atoms with Crippen molar-refractivity contribution in [2.45, 2.75) is 51.0 Å². The fourth-order valence-corrected chi connectivity index (χ4v) is 4.56. The predicted molar refractivity (Wildman–Crippen MR) is 118 cm³/mol. The van der Waals surface area contributed by atoms with Gasteiger partial charge in [-0.25, -0.2) is 18.3 Å². The number of hydrogen-bond acceptors (Lipinski definition) is 6. The maximum atomic E-state index is 13.7.